The highest BCUT2D eigenvalue weighted by Crippen LogP contribution is 2.21. The van der Waals surface area contributed by atoms with Gasteiger partial charge in [-0.1, -0.05) is 41.9 Å². The summed E-state index contributed by atoms with van der Waals surface area (Å²) in [6.07, 6.45) is 0.537. The molecule has 0 heterocycles. The molecule has 0 fully saturated rings. The topological polar surface area (TPSA) is 38.3 Å². The summed E-state index contributed by atoms with van der Waals surface area (Å²) in [7, 11) is 0. The van der Waals surface area contributed by atoms with Crippen LogP contribution >= 0.6 is 15.9 Å². The molecule has 0 unspecified atom stereocenters. The molecule has 0 spiro atoms. The first kappa shape index (κ1) is 17.5. The minimum Gasteiger partial charge on any atom is -0.481 e. The molecule has 1 N–H and O–H groups in total. The monoisotopic (exact) mass is 375 g/mol. The summed E-state index contributed by atoms with van der Waals surface area (Å²) in [5.74, 6) is 1.03. The predicted molar refractivity (Wildman–Crippen MR) is 98.0 cm³/mol. The quantitative estimate of drug-likeness (QED) is 0.736. The molecule has 0 aliphatic heterocycles. The molecule has 0 saturated carbocycles. The number of rotatable bonds is 6. The van der Waals surface area contributed by atoms with Crippen LogP contribution in [0.1, 0.15) is 38.7 Å². The zero-order chi connectivity index (χ0) is 16.8. The van der Waals surface area contributed by atoms with Gasteiger partial charge in [0.25, 0.3) is 5.91 Å². The first-order valence-electron chi connectivity index (χ1n) is 7.82. The molecule has 3 nitrogen and oxygen atoms in total. The maximum absolute atomic E-state index is 12.2. The smallest absolute Gasteiger partial charge is 0.265 e. The van der Waals surface area contributed by atoms with Crippen LogP contribution in [0.25, 0.3) is 0 Å². The van der Waals surface area contributed by atoms with Crippen molar-refractivity contribution in [1.82, 2.24) is 0 Å². The number of hydrogen-bond donors (Lipinski definition) is 1. The van der Waals surface area contributed by atoms with Crippen LogP contribution in [0.4, 0.5) is 5.69 Å². The Bertz CT molecular complexity index is 637. The second kappa shape index (κ2) is 8.16. The SMILES string of the molecule is CC[C@H](C)c1ccc(NC(=O)[C@H](C)Oc2ccc(Br)cc2)cc1. The molecule has 0 aliphatic carbocycles. The van der Waals surface area contributed by atoms with Gasteiger partial charge in [-0.2, -0.15) is 0 Å². The van der Waals surface area contributed by atoms with Crippen LogP contribution in [0.5, 0.6) is 5.75 Å². The third-order valence-electron chi connectivity index (χ3n) is 3.86. The van der Waals surface area contributed by atoms with Crippen molar-refractivity contribution >= 4 is 27.5 Å². The van der Waals surface area contributed by atoms with E-state index in [1.165, 1.54) is 5.56 Å². The molecule has 23 heavy (non-hydrogen) atoms. The summed E-state index contributed by atoms with van der Waals surface area (Å²) in [5.41, 5.74) is 2.07. The Morgan fingerprint density at radius 3 is 2.26 bits per heavy atom. The summed E-state index contributed by atoms with van der Waals surface area (Å²) >= 11 is 3.37. The molecule has 122 valence electrons. The minimum absolute atomic E-state index is 0.163. The Morgan fingerprint density at radius 2 is 1.70 bits per heavy atom. The molecule has 0 bridgehead atoms. The van der Waals surface area contributed by atoms with Gasteiger partial charge >= 0.3 is 0 Å². The fourth-order valence-corrected chi connectivity index (χ4v) is 2.41. The number of anilines is 1. The van der Waals surface area contributed by atoms with E-state index in [1.54, 1.807) is 6.92 Å². The summed E-state index contributed by atoms with van der Waals surface area (Å²) in [6.45, 7) is 6.11. The van der Waals surface area contributed by atoms with Crippen molar-refractivity contribution in [2.45, 2.75) is 39.2 Å². The van der Waals surface area contributed by atoms with E-state index < -0.39 is 6.10 Å². The zero-order valence-electron chi connectivity index (χ0n) is 13.7. The minimum atomic E-state index is -0.564. The molecule has 1 amide bonds. The number of carbonyl (C=O) groups excluding carboxylic acids is 1. The van der Waals surface area contributed by atoms with Gasteiger partial charge < -0.3 is 10.1 Å². The van der Waals surface area contributed by atoms with Gasteiger partial charge in [0.15, 0.2) is 6.10 Å². The molecule has 2 atom stereocenters. The second-order valence-corrected chi connectivity index (χ2v) is 6.55. The Hall–Kier alpha value is -1.81. The van der Waals surface area contributed by atoms with Crippen molar-refractivity contribution in [2.24, 2.45) is 0 Å². The maximum Gasteiger partial charge on any atom is 0.265 e. The molecule has 2 aromatic rings. The summed E-state index contributed by atoms with van der Waals surface area (Å²) in [4.78, 5) is 12.2. The molecule has 4 heteroatoms. The average molecular weight is 376 g/mol. The first-order chi connectivity index (χ1) is 11.0. The van der Waals surface area contributed by atoms with Crippen molar-refractivity contribution in [2.75, 3.05) is 5.32 Å². The van der Waals surface area contributed by atoms with Gasteiger partial charge in [-0.3, -0.25) is 4.79 Å². The van der Waals surface area contributed by atoms with Gasteiger partial charge in [-0.05, 0) is 61.2 Å². The van der Waals surface area contributed by atoms with Crippen molar-refractivity contribution in [3.63, 3.8) is 0 Å². The van der Waals surface area contributed by atoms with Gasteiger partial charge in [-0.25, -0.2) is 0 Å². The highest BCUT2D eigenvalue weighted by Gasteiger charge is 2.15. The van der Waals surface area contributed by atoms with E-state index in [2.05, 4.69) is 47.2 Å². The van der Waals surface area contributed by atoms with E-state index >= 15 is 0 Å². The largest absolute Gasteiger partial charge is 0.481 e. The van der Waals surface area contributed by atoms with Gasteiger partial charge in [0.2, 0.25) is 0 Å². The highest BCUT2D eigenvalue weighted by molar-refractivity contribution is 9.10. The lowest BCUT2D eigenvalue weighted by molar-refractivity contribution is -0.122. The number of benzene rings is 2. The Labute approximate surface area is 146 Å². The highest BCUT2D eigenvalue weighted by atomic mass is 79.9. The third-order valence-corrected chi connectivity index (χ3v) is 4.38. The fraction of sp³-hybridized carbons (Fsp3) is 0.316. The van der Waals surface area contributed by atoms with E-state index in [4.69, 9.17) is 4.74 Å². The predicted octanol–water partition coefficient (Wildman–Crippen LogP) is 5.37. The number of carbonyl (C=O) groups is 1. The number of ether oxygens (including phenoxy) is 1. The lowest BCUT2D eigenvalue weighted by Gasteiger charge is -2.15. The standard InChI is InChI=1S/C19H22BrNO2/c1-4-13(2)15-5-9-17(10-6-15)21-19(22)14(3)23-18-11-7-16(20)8-12-18/h5-14H,4H2,1-3H3,(H,21,22)/t13-,14-/m0/s1. The van der Waals surface area contributed by atoms with Gasteiger partial charge in [0.1, 0.15) is 5.75 Å². The van der Waals surface area contributed by atoms with Crippen LogP contribution in [-0.4, -0.2) is 12.0 Å². The number of hydrogen-bond acceptors (Lipinski definition) is 2. The molecule has 0 saturated heterocycles. The second-order valence-electron chi connectivity index (χ2n) is 5.63. The number of halogens is 1. The fourth-order valence-electron chi connectivity index (χ4n) is 2.15. The van der Waals surface area contributed by atoms with E-state index in [-0.39, 0.29) is 5.91 Å². The lowest BCUT2D eigenvalue weighted by Crippen LogP contribution is -2.30. The molecule has 2 rings (SSSR count). The van der Waals surface area contributed by atoms with Crippen LogP contribution in [-0.2, 0) is 4.79 Å². The first-order valence-corrected chi connectivity index (χ1v) is 8.62. The van der Waals surface area contributed by atoms with Crippen molar-refractivity contribution < 1.29 is 9.53 Å². The maximum atomic E-state index is 12.2. The number of amides is 1. The van der Waals surface area contributed by atoms with Crippen LogP contribution in [0.2, 0.25) is 0 Å². The summed E-state index contributed by atoms with van der Waals surface area (Å²) in [5, 5.41) is 2.88. The van der Waals surface area contributed by atoms with E-state index in [0.717, 1.165) is 16.6 Å². The normalized spacial score (nSPS) is 13.2. The molecular weight excluding hydrogens is 354 g/mol. The molecule has 0 aromatic heterocycles. The molecule has 0 aliphatic rings. The van der Waals surface area contributed by atoms with Crippen LogP contribution in [0, 0.1) is 0 Å². The van der Waals surface area contributed by atoms with Gasteiger partial charge in [0, 0.05) is 10.2 Å². The summed E-state index contributed by atoms with van der Waals surface area (Å²) in [6, 6.07) is 15.4. The Kier molecular flexibility index (Phi) is 6.22. The Morgan fingerprint density at radius 1 is 1.09 bits per heavy atom. The third kappa shape index (κ3) is 5.10. The van der Waals surface area contributed by atoms with Gasteiger partial charge in [0.05, 0.1) is 0 Å². The average Bonchev–Trinajstić information content (AvgIpc) is 2.56. The lowest BCUT2D eigenvalue weighted by atomic mass is 9.99. The molecular formula is C19H22BrNO2. The van der Waals surface area contributed by atoms with Crippen LogP contribution in [0.15, 0.2) is 53.0 Å². The zero-order valence-corrected chi connectivity index (χ0v) is 15.3. The van der Waals surface area contributed by atoms with Crippen molar-refractivity contribution in [3.8, 4) is 5.75 Å². The van der Waals surface area contributed by atoms with Gasteiger partial charge in [-0.15, -0.1) is 0 Å². The van der Waals surface area contributed by atoms with E-state index in [1.807, 2.05) is 36.4 Å². The molecule has 2 aromatic carbocycles. The van der Waals surface area contributed by atoms with E-state index in [9.17, 15) is 4.79 Å². The Balaban J connectivity index is 1.93. The van der Waals surface area contributed by atoms with Crippen LogP contribution < -0.4 is 10.1 Å². The molecule has 0 radical (unpaired) electrons. The van der Waals surface area contributed by atoms with E-state index in [0.29, 0.717) is 11.7 Å². The summed E-state index contributed by atoms with van der Waals surface area (Å²) < 4.78 is 6.63. The van der Waals surface area contributed by atoms with Crippen molar-refractivity contribution in [1.29, 1.82) is 0 Å². The van der Waals surface area contributed by atoms with Crippen molar-refractivity contribution in [3.05, 3.63) is 58.6 Å². The number of nitrogens with one attached hydrogen (secondary N) is 1. The van der Waals surface area contributed by atoms with Crippen LogP contribution in [0.3, 0.4) is 0 Å².